The van der Waals surface area contributed by atoms with Gasteiger partial charge in [-0.1, -0.05) is 41.9 Å². The number of pyridine rings is 1. The Labute approximate surface area is 528 Å². The number of H-pyrrole nitrogens is 1. The van der Waals surface area contributed by atoms with E-state index in [2.05, 4.69) is 46.5 Å². The van der Waals surface area contributed by atoms with Crippen molar-refractivity contribution in [2.45, 2.75) is 62.4 Å². The van der Waals surface area contributed by atoms with E-state index < -0.39 is 61.1 Å². The Balaban J connectivity index is 0.684. The van der Waals surface area contributed by atoms with E-state index in [0.717, 1.165) is 64.5 Å². The molecule has 0 saturated carbocycles. The van der Waals surface area contributed by atoms with E-state index in [-0.39, 0.29) is 71.7 Å². The number of hydrogen-bond acceptors (Lipinski definition) is 18. The Morgan fingerprint density at radius 3 is 2.33 bits per heavy atom. The summed E-state index contributed by atoms with van der Waals surface area (Å²) >= 11 is 6.37. The molecular formula is C65H66ClN11O13S. The maximum atomic E-state index is 14.2. The number of imide groups is 2. The standard InChI is InChI=1S/C65H66ClN11O13S/c66-44-9-7-42(8-10-44)48-3-2-6-56(89-39-41-19-25-75(26-20-41)59(79)18-24-67-53-5-1-4-50-60(53)65(83)76(64(50)82)54-15-16-58(78)71-63(54)81)51(48)38-73-27-29-74(30-28-73)45-11-13-49(57(34-45)90-46-33-43-17-23-68-61(43)70-37-46)62(80)72-91(86,87)47-12-14-52(55(35-47)77(84)85)69-36-40-21-31-88-32-22-40/h1-14,17,23,33-35,37,40-41,54,67,69H,15-16,18-22,24-32,36,38-39H2,(H,68,70)(H,72,80)(H,71,78,81). The first-order chi connectivity index (χ1) is 44.0. The molecular weight excluding hydrogens is 1210 g/mol. The van der Waals surface area contributed by atoms with Crippen molar-refractivity contribution < 1.29 is 56.3 Å². The zero-order chi connectivity index (χ0) is 63.3. The first kappa shape index (κ1) is 61.8. The first-order valence-electron chi connectivity index (χ1n) is 30.3. The van der Waals surface area contributed by atoms with Crippen LogP contribution < -0.4 is 35.0 Å². The maximum Gasteiger partial charge on any atom is 0.293 e. The minimum absolute atomic E-state index is 0.0142. The molecule has 4 fully saturated rings. The van der Waals surface area contributed by atoms with Crippen molar-refractivity contribution in [3.8, 4) is 28.4 Å². The first-order valence-corrected chi connectivity index (χ1v) is 32.2. The van der Waals surface area contributed by atoms with Crippen LogP contribution >= 0.6 is 11.6 Å². The van der Waals surface area contributed by atoms with Gasteiger partial charge in [-0.2, -0.15) is 0 Å². The highest BCUT2D eigenvalue weighted by Gasteiger charge is 2.46. The number of nitro benzene ring substituents is 1. The molecule has 24 nitrogen and oxygen atoms in total. The maximum absolute atomic E-state index is 14.2. The zero-order valence-corrected chi connectivity index (χ0v) is 51.1. The number of hydrogen-bond donors (Lipinski definition) is 5. The molecule has 472 valence electrons. The number of piperidine rings is 2. The number of halogens is 1. The lowest BCUT2D eigenvalue weighted by Crippen LogP contribution is -2.54. The average Bonchev–Trinajstić information content (AvgIpc) is 1.69. The number of likely N-dealkylation sites (tertiary alicyclic amines) is 1. The minimum atomic E-state index is -4.64. The molecule has 5 aliphatic heterocycles. The number of amides is 6. The number of piperazine rings is 1. The van der Waals surface area contributed by atoms with Gasteiger partial charge in [-0.25, -0.2) is 18.1 Å². The molecule has 7 aromatic rings. The Hall–Kier alpha value is -9.43. The molecule has 1 unspecified atom stereocenters. The predicted octanol–water partition coefficient (Wildman–Crippen LogP) is 8.38. The second kappa shape index (κ2) is 27.0. The molecule has 5 aliphatic rings. The lowest BCUT2D eigenvalue weighted by atomic mass is 9.96. The normalized spacial score (nSPS) is 17.6. The molecule has 1 atom stereocenters. The molecule has 0 bridgehead atoms. The quantitative estimate of drug-likeness (QED) is 0.0256. The summed E-state index contributed by atoms with van der Waals surface area (Å²) in [5.41, 5.74) is 4.58. The molecule has 91 heavy (non-hydrogen) atoms. The van der Waals surface area contributed by atoms with Crippen LogP contribution in [0.2, 0.25) is 5.02 Å². The predicted molar refractivity (Wildman–Crippen MR) is 338 cm³/mol. The Morgan fingerprint density at radius 1 is 0.791 bits per heavy atom. The minimum Gasteiger partial charge on any atom is -0.493 e. The van der Waals surface area contributed by atoms with Crippen LogP contribution in [0.1, 0.15) is 81.6 Å². The van der Waals surface area contributed by atoms with Gasteiger partial charge in [0, 0.05) is 131 Å². The van der Waals surface area contributed by atoms with Gasteiger partial charge >= 0.3 is 0 Å². The van der Waals surface area contributed by atoms with Crippen molar-refractivity contribution in [3.05, 3.63) is 159 Å². The molecule has 7 heterocycles. The third kappa shape index (κ3) is 13.8. The lowest BCUT2D eigenvalue weighted by molar-refractivity contribution is -0.384. The van der Waals surface area contributed by atoms with Gasteiger partial charge in [0.1, 0.15) is 34.6 Å². The van der Waals surface area contributed by atoms with Gasteiger partial charge in [0.05, 0.1) is 39.3 Å². The van der Waals surface area contributed by atoms with Crippen molar-refractivity contribution in [3.63, 3.8) is 0 Å². The number of nitrogens with zero attached hydrogens (tertiary/aromatic N) is 6. The van der Waals surface area contributed by atoms with Crippen LogP contribution in [0.15, 0.2) is 126 Å². The van der Waals surface area contributed by atoms with Crippen molar-refractivity contribution in [1.29, 1.82) is 0 Å². The van der Waals surface area contributed by atoms with Gasteiger partial charge in [0.15, 0.2) is 0 Å². The summed E-state index contributed by atoms with van der Waals surface area (Å²) in [5, 5.41) is 22.1. The summed E-state index contributed by atoms with van der Waals surface area (Å²) in [5.74, 6) is -1.94. The van der Waals surface area contributed by atoms with Gasteiger partial charge < -0.3 is 39.6 Å². The fourth-order valence-electron chi connectivity index (χ4n) is 12.3. The van der Waals surface area contributed by atoms with E-state index in [1.807, 2.05) is 47.4 Å². The van der Waals surface area contributed by atoms with Gasteiger partial charge in [0.25, 0.3) is 33.4 Å². The Morgan fingerprint density at radius 2 is 1.56 bits per heavy atom. The zero-order valence-electron chi connectivity index (χ0n) is 49.5. The number of carbonyl (C=O) groups is 6. The van der Waals surface area contributed by atoms with Gasteiger partial charge in [-0.15, -0.1) is 0 Å². The molecule has 4 saturated heterocycles. The summed E-state index contributed by atoms with van der Waals surface area (Å²) in [6.07, 6.45) is 6.46. The van der Waals surface area contributed by atoms with Crippen LogP contribution in [-0.4, -0.2) is 152 Å². The second-order valence-electron chi connectivity index (χ2n) is 23.2. The molecule has 0 spiro atoms. The Bertz CT molecular complexity index is 4090. The van der Waals surface area contributed by atoms with Crippen molar-refractivity contribution in [2.75, 3.05) is 87.7 Å². The summed E-state index contributed by atoms with van der Waals surface area (Å²) in [4.78, 5) is 105. The van der Waals surface area contributed by atoms with Crippen LogP contribution in [0.3, 0.4) is 0 Å². The average molecular weight is 1280 g/mol. The van der Waals surface area contributed by atoms with Crippen LogP contribution in [0, 0.1) is 22.0 Å². The number of benzene rings is 5. The molecule has 0 radical (unpaired) electrons. The highest BCUT2D eigenvalue weighted by atomic mass is 35.5. The number of fused-ring (bicyclic) bond motifs is 2. The number of aromatic amines is 1. The smallest absolute Gasteiger partial charge is 0.293 e. The number of nitrogens with one attached hydrogen (secondary N) is 5. The van der Waals surface area contributed by atoms with Gasteiger partial charge in [-0.05, 0) is 122 Å². The largest absolute Gasteiger partial charge is 0.493 e. The van der Waals surface area contributed by atoms with E-state index in [0.29, 0.717) is 100.0 Å². The molecule has 0 aliphatic carbocycles. The summed E-state index contributed by atoms with van der Waals surface area (Å²) in [6.45, 7) is 6.30. The molecule has 6 amide bonds. The van der Waals surface area contributed by atoms with Crippen LogP contribution in [0.4, 0.5) is 22.7 Å². The van der Waals surface area contributed by atoms with Crippen molar-refractivity contribution >= 4 is 90.9 Å². The van der Waals surface area contributed by atoms with Gasteiger partial charge in [0.2, 0.25) is 17.7 Å². The topological polar surface area (TPSA) is 297 Å². The SMILES string of the molecule is O=C1CCC(N2C(=O)c3cccc(NCCC(=O)N4CCC(COc5cccc(-c6ccc(Cl)cc6)c5CN5CCN(c6ccc(C(=O)NS(=O)(=O)c7ccc(NCC8CCOCC8)c([N+](=O)[O-])c7)c(Oc7cnc8[nH]ccc8c7)c6)CC5)CC4)c3C2=O)C(=O)N1. The number of rotatable bonds is 21. The number of aromatic nitrogens is 2. The fourth-order valence-corrected chi connectivity index (χ4v) is 13.4. The second-order valence-corrected chi connectivity index (χ2v) is 25.3. The number of sulfonamides is 1. The van der Waals surface area contributed by atoms with Gasteiger partial charge in [-0.3, -0.25) is 54.0 Å². The monoisotopic (exact) mass is 1280 g/mol. The van der Waals surface area contributed by atoms with Crippen molar-refractivity contribution in [1.82, 2.24) is 34.7 Å². The number of nitro groups is 1. The van der Waals surface area contributed by atoms with E-state index in [4.69, 9.17) is 25.8 Å². The van der Waals surface area contributed by atoms with Crippen LogP contribution in [0.25, 0.3) is 22.2 Å². The van der Waals surface area contributed by atoms with E-state index in [1.165, 1.54) is 30.5 Å². The van der Waals surface area contributed by atoms with Crippen LogP contribution in [0.5, 0.6) is 17.2 Å². The molecule has 26 heteroatoms. The van der Waals surface area contributed by atoms with E-state index in [1.54, 1.807) is 36.5 Å². The summed E-state index contributed by atoms with van der Waals surface area (Å²) < 4.78 is 48.4. The molecule has 5 N–H and O–H groups in total. The third-order valence-corrected chi connectivity index (χ3v) is 19.0. The number of carbonyl (C=O) groups excluding carboxylic acids is 6. The highest BCUT2D eigenvalue weighted by molar-refractivity contribution is 7.90. The highest BCUT2D eigenvalue weighted by Crippen LogP contribution is 2.38. The third-order valence-electron chi connectivity index (χ3n) is 17.4. The van der Waals surface area contributed by atoms with E-state index in [9.17, 15) is 47.3 Å². The molecule has 2 aromatic heterocycles. The molecule has 5 aromatic carbocycles. The fraction of sp³-hybridized carbons (Fsp3) is 0.338. The van der Waals surface area contributed by atoms with Crippen LogP contribution in [-0.2, 0) is 35.7 Å². The van der Waals surface area contributed by atoms with Crippen molar-refractivity contribution in [2.24, 2.45) is 11.8 Å². The summed E-state index contributed by atoms with van der Waals surface area (Å²) in [7, 11) is -4.64. The Kier molecular flexibility index (Phi) is 18.3. The van der Waals surface area contributed by atoms with E-state index >= 15 is 0 Å². The summed E-state index contributed by atoms with van der Waals surface area (Å²) in [6, 6.07) is 29.4. The lowest BCUT2D eigenvalue weighted by Gasteiger charge is -2.37. The molecule has 12 rings (SSSR count). The number of anilines is 3. The number of ether oxygens (including phenoxy) is 3.